The maximum Gasteiger partial charge on any atom is 0.253 e. The topological polar surface area (TPSA) is 57.9 Å². The van der Waals surface area contributed by atoms with E-state index in [-0.39, 0.29) is 11.7 Å². The third-order valence-electron chi connectivity index (χ3n) is 8.12. The molecule has 1 saturated heterocycles. The Labute approximate surface area is 240 Å². The van der Waals surface area contributed by atoms with Gasteiger partial charge in [0.05, 0.1) is 11.2 Å². The van der Waals surface area contributed by atoms with Gasteiger partial charge in [0.2, 0.25) is 0 Å². The van der Waals surface area contributed by atoms with Gasteiger partial charge >= 0.3 is 0 Å². The molecule has 0 spiro atoms. The number of ketones is 1. The first-order valence-electron chi connectivity index (χ1n) is 15.4. The second-order valence-corrected chi connectivity index (χ2v) is 12.4. The van der Waals surface area contributed by atoms with Crippen molar-refractivity contribution in [2.24, 2.45) is 11.8 Å². The number of rotatable bonds is 13. The van der Waals surface area contributed by atoms with Crippen LogP contribution >= 0.6 is 0 Å². The molecule has 216 valence electrons. The predicted octanol–water partition coefficient (Wildman–Crippen LogP) is 7.16. The van der Waals surface area contributed by atoms with E-state index in [0.29, 0.717) is 17.4 Å². The fourth-order valence-electron chi connectivity index (χ4n) is 5.58. The minimum absolute atomic E-state index is 0.0491. The van der Waals surface area contributed by atoms with E-state index in [9.17, 15) is 9.59 Å². The van der Waals surface area contributed by atoms with Crippen LogP contribution in [0.4, 0.5) is 0 Å². The zero-order chi connectivity index (χ0) is 28.6. The number of Topliss-reactive ketones (excluding diaryl/α,β-unsaturated/α-hetero) is 1. The number of hydrogen-bond donors (Lipinski definition) is 0. The minimum Gasteiger partial charge on any atom is -0.339 e. The number of nitrogens with zero attached hydrogens (tertiary/aromatic N) is 4. The van der Waals surface area contributed by atoms with Gasteiger partial charge in [0.1, 0.15) is 0 Å². The van der Waals surface area contributed by atoms with Crippen molar-refractivity contribution in [3.8, 4) is 11.3 Å². The van der Waals surface area contributed by atoms with Crippen LogP contribution in [0.5, 0.6) is 0 Å². The van der Waals surface area contributed by atoms with Gasteiger partial charge in [-0.1, -0.05) is 52.3 Å². The molecule has 1 aromatic carbocycles. The van der Waals surface area contributed by atoms with Crippen molar-refractivity contribution in [2.45, 2.75) is 79.6 Å². The number of carbonyl (C=O) groups is 2. The van der Waals surface area contributed by atoms with Crippen molar-refractivity contribution < 1.29 is 9.59 Å². The predicted molar refractivity (Wildman–Crippen MR) is 164 cm³/mol. The molecule has 1 aliphatic heterocycles. The van der Waals surface area contributed by atoms with Crippen molar-refractivity contribution in [1.29, 1.82) is 0 Å². The van der Waals surface area contributed by atoms with Gasteiger partial charge in [-0.2, -0.15) is 5.10 Å². The summed E-state index contributed by atoms with van der Waals surface area (Å²) in [4.78, 5) is 30.5. The Morgan fingerprint density at radius 2 is 1.62 bits per heavy atom. The number of likely N-dealkylation sites (tertiary alicyclic amines) is 1. The van der Waals surface area contributed by atoms with Crippen molar-refractivity contribution in [2.75, 3.05) is 32.7 Å². The number of amides is 1. The molecule has 0 atom stereocenters. The van der Waals surface area contributed by atoms with Gasteiger partial charge in [0.25, 0.3) is 5.91 Å². The Morgan fingerprint density at radius 1 is 0.925 bits per heavy atom. The molecule has 3 aromatic rings. The van der Waals surface area contributed by atoms with E-state index in [1.807, 2.05) is 52.0 Å². The summed E-state index contributed by atoms with van der Waals surface area (Å²) in [6.45, 7) is 15.4. The molecule has 1 aliphatic rings. The zero-order valence-electron chi connectivity index (χ0n) is 25.3. The maximum absolute atomic E-state index is 13.8. The van der Waals surface area contributed by atoms with E-state index in [1.165, 1.54) is 32.4 Å². The van der Waals surface area contributed by atoms with Crippen LogP contribution < -0.4 is 0 Å². The lowest BCUT2D eigenvalue weighted by atomic mass is 9.99. The van der Waals surface area contributed by atoms with Crippen LogP contribution in [0.15, 0.2) is 42.6 Å². The summed E-state index contributed by atoms with van der Waals surface area (Å²) in [5.74, 6) is 1.25. The second kappa shape index (κ2) is 14.1. The van der Waals surface area contributed by atoms with Crippen LogP contribution in [-0.2, 0) is 6.42 Å². The third kappa shape index (κ3) is 7.81. The third-order valence-corrected chi connectivity index (χ3v) is 8.12. The molecule has 0 radical (unpaired) electrons. The average Bonchev–Trinajstić information content (AvgIpc) is 3.31. The normalized spacial score (nSPS) is 14.4. The summed E-state index contributed by atoms with van der Waals surface area (Å²) in [6, 6.07) is 11.7. The van der Waals surface area contributed by atoms with E-state index >= 15 is 0 Å². The van der Waals surface area contributed by atoms with Crippen molar-refractivity contribution in [1.82, 2.24) is 19.4 Å². The molecule has 1 fully saturated rings. The highest BCUT2D eigenvalue weighted by atomic mass is 16.2. The molecule has 0 saturated carbocycles. The van der Waals surface area contributed by atoms with Crippen molar-refractivity contribution in [3.05, 3.63) is 59.3 Å². The summed E-state index contributed by atoms with van der Waals surface area (Å²) in [5.41, 5.74) is 5.41. The van der Waals surface area contributed by atoms with Gasteiger partial charge < -0.3 is 9.80 Å². The molecular formula is C34H48N4O2. The lowest BCUT2D eigenvalue weighted by molar-refractivity contribution is 0.0740. The number of hydrogen-bond acceptors (Lipinski definition) is 4. The van der Waals surface area contributed by atoms with Crippen molar-refractivity contribution >= 4 is 17.2 Å². The molecule has 6 heteroatoms. The Morgan fingerprint density at radius 3 is 2.27 bits per heavy atom. The van der Waals surface area contributed by atoms with E-state index in [2.05, 4.69) is 32.6 Å². The van der Waals surface area contributed by atoms with E-state index in [1.54, 1.807) is 6.92 Å². The van der Waals surface area contributed by atoms with Crippen LogP contribution in [0.1, 0.15) is 99.4 Å². The molecule has 0 unspecified atom stereocenters. The average molecular weight is 545 g/mol. The summed E-state index contributed by atoms with van der Waals surface area (Å²) in [6.07, 6.45) is 9.75. The van der Waals surface area contributed by atoms with Gasteiger partial charge in [0.15, 0.2) is 5.78 Å². The molecule has 0 bridgehead atoms. The first-order chi connectivity index (χ1) is 19.2. The summed E-state index contributed by atoms with van der Waals surface area (Å²) < 4.78 is 1.91. The fraction of sp³-hybridized carbons (Fsp3) is 0.559. The number of aryl methyl sites for hydroxylation is 1. The van der Waals surface area contributed by atoms with Gasteiger partial charge in [0, 0.05) is 41.5 Å². The molecule has 40 heavy (non-hydrogen) atoms. The number of benzene rings is 1. The van der Waals surface area contributed by atoms with Gasteiger partial charge in [-0.15, -0.1) is 0 Å². The SMILES string of the molecule is CC(=O)c1cccc(-c2nn3ccc(C(=O)N(CCC(C)C)CCC(C)C)cc3c2CCCN2CCCCC2)c1. The highest BCUT2D eigenvalue weighted by Crippen LogP contribution is 2.29. The summed E-state index contributed by atoms with van der Waals surface area (Å²) in [7, 11) is 0. The molecule has 0 N–H and O–H groups in total. The number of aromatic nitrogens is 2. The maximum atomic E-state index is 13.8. The smallest absolute Gasteiger partial charge is 0.253 e. The van der Waals surface area contributed by atoms with E-state index in [4.69, 9.17) is 5.10 Å². The zero-order valence-corrected chi connectivity index (χ0v) is 25.3. The fourth-order valence-corrected chi connectivity index (χ4v) is 5.58. The van der Waals surface area contributed by atoms with Crippen molar-refractivity contribution in [3.63, 3.8) is 0 Å². The van der Waals surface area contributed by atoms with Crippen LogP contribution in [-0.4, -0.2) is 63.8 Å². The first kappa shape index (κ1) is 30.0. The summed E-state index contributed by atoms with van der Waals surface area (Å²) in [5, 5.41) is 4.98. The monoisotopic (exact) mass is 544 g/mol. The number of carbonyl (C=O) groups excluding carboxylic acids is 2. The molecule has 0 aliphatic carbocycles. The summed E-state index contributed by atoms with van der Waals surface area (Å²) >= 11 is 0. The lowest BCUT2D eigenvalue weighted by Gasteiger charge is -2.26. The van der Waals surface area contributed by atoms with Gasteiger partial charge in [-0.25, -0.2) is 4.52 Å². The molecule has 1 amide bonds. The first-order valence-corrected chi connectivity index (χ1v) is 15.4. The Balaban J connectivity index is 1.68. The lowest BCUT2D eigenvalue weighted by Crippen LogP contribution is -2.34. The molecular weight excluding hydrogens is 496 g/mol. The highest BCUT2D eigenvalue weighted by Gasteiger charge is 2.21. The molecule has 2 aromatic heterocycles. The molecule has 3 heterocycles. The van der Waals surface area contributed by atoms with Gasteiger partial charge in [-0.3, -0.25) is 9.59 Å². The number of fused-ring (bicyclic) bond motifs is 1. The Bertz CT molecular complexity index is 1270. The largest absolute Gasteiger partial charge is 0.339 e. The Kier molecular flexibility index (Phi) is 10.5. The van der Waals surface area contributed by atoms with Crippen LogP contribution in [0, 0.1) is 11.8 Å². The van der Waals surface area contributed by atoms with Crippen LogP contribution in [0.25, 0.3) is 16.8 Å². The van der Waals surface area contributed by atoms with Crippen LogP contribution in [0.3, 0.4) is 0 Å². The Hall–Kier alpha value is -2.99. The van der Waals surface area contributed by atoms with Crippen LogP contribution in [0.2, 0.25) is 0 Å². The second-order valence-electron chi connectivity index (χ2n) is 12.4. The van der Waals surface area contributed by atoms with Gasteiger partial charge in [-0.05, 0) is 95.1 Å². The highest BCUT2D eigenvalue weighted by molar-refractivity contribution is 5.96. The van der Waals surface area contributed by atoms with E-state index < -0.39 is 0 Å². The molecule has 4 rings (SSSR count). The number of pyridine rings is 1. The van der Waals surface area contributed by atoms with E-state index in [0.717, 1.165) is 73.2 Å². The quantitative estimate of drug-likeness (QED) is 0.214. The number of piperidine rings is 1. The molecule has 6 nitrogen and oxygen atoms in total. The minimum atomic E-state index is 0.0491. The standard InChI is InChI=1S/C34H48N4O2/c1-25(2)14-20-37(21-15-26(3)4)34(40)30-16-22-38-32(24-30)31(13-10-19-36-17-7-6-8-18-36)33(35-38)29-12-9-11-28(23-29)27(5)39/h9,11-12,16,22-26H,6-8,10,13-15,17-21H2,1-5H3.